The summed E-state index contributed by atoms with van der Waals surface area (Å²) in [6, 6.07) is 7.76. The summed E-state index contributed by atoms with van der Waals surface area (Å²) in [5.74, 6) is 0.299. The molecule has 2 aromatic carbocycles. The molecule has 0 aliphatic carbocycles. The maximum atomic E-state index is 12.5. The van der Waals surface area contributed by atoms with E-state index in [0.29, 0.717) is 28.1 Å². The average molecular weight is 403 g/mol. The number of anilines is 1. The first-order valence-electron chi connectivity index (χ1n) is 6.93. The van der Waals surface area contributed by atoms with Gasteiger partial charge >= 0.3 is 6.18 Å². The van der Waals surface area contributed by atoms with E-state index < -0.39 is 11.7 Å². The first-order valence-corrected chi connectivity index (χ1v) is 7.72. The molecule has 0 aliphatic heterocycles. The highest BCUT2D eigenvalue weighted by atomic mass is 79.9. The molecule has 0 bridgehead atoms. The largest absolute Gasteiger partial charge is 0.503 e. The lowest BCUT2D eigenvalue weighted by Gasteiger charge is -2.08. The summed E-state index contributed by atoms with van der Waals surface area (Å²) in [7, 11) is 0. The number of phenolic OH excluding ortho intramolecular Hbond substituents is 1. The molecule has 2 rings (SSSR count). The SMILES string of the molecule is CCOc1cc(C=NNc2ccc(C(F)(F)F)cc2)cc(Br)c1O. The van der Waals surface area contributed by atoms with Gasteiger partial charge in [-0.1, -0.05) is 0 Å². The van der Waals surface area contributed by atoms with Crippen molar-refractivity contribution in [3.05, 3.63) is 52.0 Å². The van der Waals surface area contributed by atoms with Gasteiger partial charge in [-0.15, -0.1) is 0 Å². The highest BCUT2D eigenvalue weighted by Gasteiger charge is 2.29. The van der Waals surface area contributed by atoms with Crippen molar-refractivity contribution in [3.8, 4) is 11.5 Å². The number of hydrogen-bond acceptors (Lipinski definition) is 4. The molecule has 128 valence electrons. The fourth-order valence-electron chi connectivity index (χ4n) is 1.85. The van der Waals surface area contributed by atoms with Gasteiger partial charge in [0.2, 0.25) is 0 Å². The second kappa shape index (κ2) is 7.57. The van der Waals surface area contributed by atoms with Crippen molar-refractivity contribution in [1.82, 2.24) is 0 Å². The molecule has 4 nitrogen and oxygen atoms in total. The second-order valence-corrected chi connectivity index (χ2v) is 5.58. The van der Waals surface area contributed by atoms with Crippen LogP contribution in [0.25, 0.3) is 0 Å². The van der Waals surface area contributed by atoms with Crippen LogP contribution in [0.2, 0.25) is 0 Å². The number of benzene rings is 2. The number of aromatic hydroxyl groups is 1. The molecule has 0 amide bonds. The normalized spacial score (nSPS) is 11.7. The van der Waals surface area contributed by atoms with Crippen molar-refractivity contribution in [1.29, 1.82) is 0 Å². The maximum Gasteiger partial charge on any atom is 0.416 e. The lowest BCUT2D eigenvalue weighted by atomic mass is 10.2. The third kappa shape index (κ3) is 4.64. The Balaban J connectivity index is 2.09. The Morgan fingerprint density at radius 1 is 1.25 bits per heavy atom. The molecular weight excluding hydrogens is 389 g/mol. The van der Waals surface area contributed by atoms with Gasteiger partial charge in [-0.3, -0.25) is 5.43 Å². The molecular formula is C16H14BrF3N2O2. The van der Waals surface area contributed by atoms with Crippen molar-refractivity contribution in [2.75, 3.05) is 12.0 Å². The highest BCUT2D eigenvalue weighted by molar-refractivity contribution is 9.10. The molecule has 0 heterocycles. The fourth-order valence-corrected chi connectivity index (χ4v) is 2.31. The van der Waals surface area contributed by atoms with Gasteiger partial charge < -0.3 is 9.84 Å². The Kier molecular flexibility index (Phi) is 5.71. The smallest absolute Gasteiger partial charge is 0.416 e. The van der Waals surface area contributed by atoms with Crippen LogP contribution in [0.5, 0.6) is 11.5 Å². The molecule has 0 spiro atoms. The van der Waals surface area contributed by atoms with E-state index in [4.69, 9.17) is 4.74 Å². The molecule has 0 saturated heterocycles. The third-order valence-electron chi connectivity index (χ3n) is 2.97. The summed E-state index contributed by atoms with van der Waals surface area (Å²) in [6.07, 6.45) is -2.90. The molecule has 0 aromatic heterocycles. The minimum Gasteiger partial charge on any atom is -0.503 e. The van der Waals surface area contributed by atoms with Gasteiger partial charge in [0.1, 0.15) is 0 Å². The molecule has 2 aromatic rings. The average Bonchev–Trinajstić information content (AvgIpc) is 2.52. The van der Waals surface area contributed by atoms with Crippen molar-refractivity contribution >= 4 is 27.8 Å². The number of halogens is 4. The summed E-state index contributed by atoms with van der Waals surface area (Å²) in [6.45, 7) is 2.19. The molecule has 0 fully saturated rings. The van der Waals surface area contributed by atoms with Gasteiger partial charge in [-0.2, -0.15) is 18.3 Å². The Hall–Kier alpha value is -2.22. The van der Waals surface area contributed by atoms with Crippen molar-refractivity contribution in [2.24, 2.45) is 5.10 Å². The number of hydrogen-bond donors (Lipinski definition) is 2. The van der Waals surface area contributed by atoms with E-state index in [1.165, 1.54) is 18.3 Å². The summed E-state index contributed by atoms with van der Waals surface area (Å²) in [5.41, 5.74) is 2.98. The van der Waals surface area contributed by atoms with Crippen LogP contribution in [0.15, 0.2) is 46.0 Å². The van der Waals surface area contributed by atoms with E-state index >= 15 is 0 Å². The molecule has 8 heteroatoms. The lowest BCUT2D eigenvalue weighted by Crippen LogP contribution is -2.04. The summed E-state index contributed by atoms with van der Waals surface area (Å²) < 4.78 is 43.2. The van der Waals surface area contributed by atoms with Crippen LogP contribution in [-0.2, 0) is 6.18 Å². The third-order valence-corrected chi connectivity index (χ3v) is 3.57. The van der Waals surface area contributed by atoms with Gasteiger partial charge in [0.15, 0.2) is 11.5 Å². The fraction of sp³-hybridized carbons (Fsp3) is 0.188. The van der Waals surface area contributed by atoms with E-state index in [0.717, 1.165) is 12.1 Å². The summed E-state index contributed by atoms with van der Waals surface area (Å²) in [5, 5.41) is 13.8. The summed E-state index contributed by atoms with van der Waals surface area (Å²) >= 11 is 3.21. The van der Waals surface area contributed by atoms with Crippen LogP contribution in [0.3, 0.4) is 0 Å². The van der Waals surface area contributed by atoms with Crippen LogP contribution >= 0.6 is 15.9 Å². The standard InChI is InChI=1S/C16H14BrF3N2O2/c1-2-24-14-8-10(7-13(17)15(14)23)9-21-22-12-5-3-11(4-6-12)16(18,19)20/h3-9,22-23H,2H2,1H3. The zero-order valence-electron chi connectivity index (χ0n) is 12.6. The van der Waals surface area contributed by atoms with E-state index in [1.807, 2.05) is 0 Å². The number of nitrogens with zero attached hydrogens (tertiary/aromatic N) is 1. The molecule has 24 heavy (non-hydrogen) atoms. The Morgan fingerprint density at radius 3 is 2.50 bits per heavy atom. The lowest BCUT2D eigenvalue weighted by molar-refractivity contribution is -0.137. The Morgan fingerprint density at radius 2 is 1.92 bits per heavy atom. The van der Waals surface area contributed by atoms with Crippen LogP contribution in [-0.4, -0.2) is 17.9 Å². The highest BCUT2D eigenvalue weighted by Crippen LogP contribution is 2.35. The topological polar surface area (TPSA) is 53.8 Å². The first kappa shape index (κ1) is 18.1. The number of alkyl halides is 3. The molecule has 0 radical (unpaired) electrons. The molecule has 2 N–H and O–H groups in total. The van der Waals surface area contributed by atoms with Gasteiger partial charge in [-0.05, 0) is 64.8 Å². The van der Waals surface area contributed by atoms with Gasteiger partial charge in [-0.25, -0.2) is 0 Å². The number of phenols is 1. The van der Waals surface area contributed by atoms with Crippen LogP contribution in [0.1, 0.15) is 18.1 Å². The Labute approximate surface area is 145 Å². The molecule has 0 saturated carbocycles. The van der Waals surface area contributed by atoms with Crippen molar-refractivity contribution in [2.45, 2.75) is 13.1 Å². The number of ether oxygens (including phenoxy) is 1. The first-order chi connectivity index (χ1) is 11.3. The molecule has 0 unspecified atom stereocenters. The zero-order chi connectivity index (χ0) is 17.7. The summed E-state index contributed by atoms with van der Waals surface area (Å²) in [4.78, 5) is 0. The maximum absolute atomic E-state index is 12.5. The monoisotopic (exact) mass is 402 g/mol. The van der Waals surface area contributed by atoms with Crippen molar-refractivity contribution < 1.29 is 23.0 Å². The van der Waals surface area contributed by atoms with E-state index in [1.54, 1.807) is 19.1 Å². The minimum absolute atomic E-state index is 0.00954. The van der Waals surface area contributed by atoms with E-state index in [9.17, 15) is 18.3 Å². The van der Waals surface area contributed by atoms with Gasteiger partial charge in [0.25, 0.3) is 0 Å². The molecule has 0 aliphatic rings. The second-order valence-electron chi connectivity index (χ2n) is 4.73. The molecule has 0 atom stereocenters. The number of nitrogens with one attached hydrogen (secondary N) is 1. The number of rotatable bonds is 5. The Bertz CT molecular complexity index is 731. The van der Waals surface area contributed by atoms with Crippen molar-refractivity contribution in [3.63, 3.8) is 0 Å². The van der Waals surface area contributed by atoms with E-state index in [-0.39, 0.29) is 5.75 Å². The number of hydrazone groups is 1. The van der Waals surface area contributed by atoms with Gasteiger partial charge in [0, 0.05) is 0 Å². The van der Waals surface area contributed by atoms with Crippen LogP contribution < -0.4 is 10.2 Å². The predicted octanol–water partition coefficient (Wildman–Crippen LogP) is 5.02. The van der Waals surface area contributed by atoms with E-state index in [2.05, 4.69) is 26.5 Å². The van der Waals surface area contributed by atoms with Crippen LogP contribution in [0, 0.1) is 0 Å². The predicted molar refractivity (Wildman–Crippen MR) is 89.6 cm³/mol. The quantitative estimate of drug-likeness (QED) is 0.545. The zero-order valence-corrected chi connectivity index (χ0v) is 14.1. The minimum atomic E-state index is -4.37. The van der Waals surface area contributed by atoms with Gasteiger partial charge in [0.05, 0.1) is 28.5 Å². The van der Waals surface area contributed by atoms with Crippen LogP contribution in [0.4, 0.5) is 18.9 Å².